The molecule has 0 atom stereocenters. The Morgan fingerprint density at radius 3 is 2.69 bits per heavy atom. The Morgan fingerprint density at radius 1 is 1.38 bits per heavy atom. The summed E-state index contributed by atoms with van der Waals surface area (Å²) < 4.78 is 40.6. The van der Waals surface area contributed by atoms with Crippen LogP contribution in [0.3, 0.4) is 0 Å². The van der Waals surface area contributed by atoms with Crippen LogP contribution in [0.15, 0.2) is 18.2 Å². The number of ether oxygens (including phenoxy) is 1. The Labute approximate surface area is 73.1 Å². The number of rotatable bonds is 3. The van der Waals surface area contributed by atoms with Crippen molar-refractivity contribution < 1.29 is 17.9 Å². The van der Waals surface area contributed by atoms with E-state index in [1.54, 1.807) is 0 Å². The lowest BCUT2D eigenvalue weighted by molar-refractivity contribution is 0.0799. The third kappa shape index (κ3) is 2.85. The van der Waals surface area contributed by atoms with Crippen molar-refractivity contribution in [2.45, 2.75) is 6.43 Å². The summed E-state index contributed by atoms with van der Waals surface area (Å²) in [6.07, 6.45) is -2.62. The van der Waals surface area contributed by atoms with Crippen LogP contribution >= 0.6 is 0 Å². The molecule has 2 N–H and O–H groups in total. The largest absolute Gasteiger partial charge is 0.484 e. The van der Waals surface area contributed by atoms with Gasteiger partial charge in [0.1, 0.15) is 6.61 Å². The summed E-state index contributed by atoms with van der Waals surface area (Å²) in [7, 11) is 0. The highest BCUT2D eigenvalue weighted by Gasteiger charge is 2.07. The minimum Gasteiger partial charge on any atom is -0.484 e. The van der Waals surface area contributed by atoms with Crippen LogP contribution < -0.4 is 10.5 Å². The molecule has 0 fully saturated rings. The lowest BCUT2D eigenvalue weighted by atomic mass is 10.3. The first-order valence-corrected chi connectivity index (χ1v) is 3.55. The van der Waals surface area contributed by atoms with Gasteiger partial charge in [0, 0.05) is 11.8 Å². The molecule has 5 heteroatoms. The summed E-state index contributed by atoms with van der Waals surface area (Å²) in [5.41, 5.74) is 5.57. The summed E-state index contributed by atoms with van der Waals surface area (Å²) in [5, 5.41) is 0. The normalized spacial score (nSPS) is 10.5. The lowest BCUT2D eigenvalue weighted by Gasteiger charge is -2.06. The fraction of sp³-hybridized carbons (Fsp3) is 0.250. The van der Waals surface area contributed by atoms with Crippen molar-refractivity contribution >= 4 is 5.69 Å². The summed E-state index contributed by atoms with van der Waals surface area (Å²) in [6, 6.07) is 3.55. The molecule has 0 radical (unpaired) electrons. The summed E-state index contributed by atoms with van der Waals surface area (Å²) in [6.45, 7) is -0.833. The van der Waals surface area contributed by atoms with Gasteiger partial charge in [0.15, 0.2) is 11.6 Å². The van der Waals surface area contributed by atoms with Gasteiger partial charge in [-0.05, 0) is 12.1 Å². The average molecular weight is 191 g/mol. The lowest BCUT2D eigenvalue weighted by Crippen LogP contribution is -2.08. The Balaban J connectivity index is 2.70. The van der Waals surface area contributed by atoms with E-state index in [9.17, 15) is 13.2 Å². The van der Waals surface area contributed by atoms with E-state index >= 15 is 0 Å². The summed E-state index contributed by atoms with van der Waals surface area (Å²) in [5.74, 6) is -0.949. The second-order valence-corrected chi connectivity index (χ2v) is 2.39. The van der Waals surface area contributed by atoms with E-state index in [0.29, 0.717) is 0 Å². The monoisotopic (exact) mass is 191 g/mol. The molecule has 0 amide bonds. The molecule has 1 rings (SSSR count). The molecule has 0 saturated heterocycles. The molecule has 13 heavy (non-hydrogen) atoms. The highest BCUT2D eigenvalue weighted by molar-refractivity contribution is 5.44. The van der Waals surface area contributed by atoms with Gasteiger partial charge in [-0.3, -0.25) is 0 Å². The molecule has 72 valence electrons. The van der Waals surface area contributed by atoms with Crippen LogP contribution in [0.5, 0.6) is 5.75 Å². The van der Waals surface area contributed by atoms with Gasteiger partial charge in [0.2, 0.25) is 0 Å². The Hall–Kier alpha value is -1.39. The number of hydrogen-bond donors (Lipinski definition) is 1. The maximum atomic E-state index is 12.8. The maximum Gasteiger partial charge on any atom is 0.272 e. The number of hydrogen-bond acceptors (Lipinski definition) is 2. The van der Waals surface area contributed by atoms with Gasteiger partial charge in [-0.2, -0.15) is 0 Å². The number of nitrogens with two attached hydrogens (primary N) is 1. The van der Waals surface area contributed by atoms with Crippen LogP contribution in [-0.4, -0.2) is 13.0 Å². The molecule has 1 aromatic rings. The average Bonchev–Trinajstić information content (AvgIpc) is 2.06. The number of benzene rings is 1. The molecule has 0 aliphatic rings. The zero-order valence-electron chi connectivity index (χ0n) is 6.64. The van der Waals surface area contributed by atoms with Gasteiger partial charge >= 0.3 is 0 Å². The molecule has 0 bridgehead atoms. The Kier molecular flexibility index (Phi) is 3.00. The number of halogens is 3. The molecule has 0 aliphatic heterocycles. The molecule has 2 nitrogen and oxygen atoms in total. The third-order valence-corrected chi connectivity index (χ3v) is 1.32. The van der Waals surface area contributed by atoms with Crippen molar-refractivity contribution in [1.29, 1.82) is 0 Å². The van der Waals surface area contributed by atoms with Crippen LogP contribution in [0, 0.1) is 5.82 Å². The van der Waals surface area contributed by atoms with E-state index in [2.05, 4.69) is 4.74 Å². The second kappa shape index (κ2) is 4.02. The van der Waals surface area contributed by atoms with Gasteiger partial charge < -0.3 is 10.5 Å². The maximum absolute atomic E-state index is 12.8. The van der Waals surface area contributed by atoms with Gasteiger partial charge in [0.05, 0.1) is 0 Å². The summed E-state index contributed by atoms with van der Waals surface area (Å²) in [4.78, 5) is 0. The molecule has 0 aliphatic carbocycles. The number of nitrogen functional groups attached to an aromatic ring is 1. The highest BCUT2D eigenvalue weighted by atomic mass is 19.3. The van der Waals surface area contributed by atoms with Crippen molar-refractivity contribution in [3.05, 3.63) is 24.0 Å². The van der Waals surface area contributed by atoms with E-state index in [4.69, 9.17) is 5.73 Å². The molecule has 1 aromatic carbocycles. The predicted molar refractivity (Wildman–Crippen MR) is 42.3 cm³/mol. The molecular weight excluding hydrogens is 183 g/mol. The number of alkyl halides is 2. The molecular formula is C8H8F3NO. The first kappa shape index (κ1) is 9.70. The standard InChI is InChI=1S/C8H8F3NO/c9-6-2-1-5(12)3-7(6)13-4-8(10)11/h1-3,8H,4,12H2. The fourth-order valence-electron chi connectivity index (χ4n) is 0.783. The van der Waals surface area contributed by atoms with Crippen LogP contribution in [0.4, 0.5) is 18.9 Å². The van der Waals surface area contributed by atoms with Crippen LogP contribution in [0.2, 0.25) is 0 Å². The van der Waals surface area contributed by atoms with Crippen molar-refractivity contribution in [1.82, 2.24) is 0 Å². The smallest absolute Gasteiger partial charge is 0.272 e. The van der Waals surface area contributed by atoms with Gasteiger partial charge in [0.25, 0.3) is 6.43 Å². The van der Waals surface area contributed by atoms with Crippen molar-refractivity contribution in [2.75, 3.05) is 12.3 Å². The van der Waals surface area contributed by atoms with E-state index < -0.39 is 18.8 Å². The summed E-state index contributed by atoms with van der Waals surface area (Å²) >= 11 is 0. The topological polar surface area (TPSA) is 35.2 Å². The van der Waals surface area contributed by atoms with Crippen molar-refractivity contribution in [3.63, 3.8) is 0 Å². The first-order chi connectivity index (χ1) is 6.09. The minimum absolute atomic E-state index is 0.250. The van der Waals surface area contributed by atoms with Crippen molar-refractivity contribution in [2.24, 2.45) is 0 Å². The first-order valence-electron chi connectivity index (χ1n) is 3.55. The van der Waals surface area contributed by atoms with E-state index in [-0.39, 0.29) is 11.4 Å². The van der Waals surface area contributed by atoms with E-state index in [1.807, 2.05) is 0 Å². The molecule has 0 heterocycles. The molecule has 0 saturated carbocycles. The predicted octanol–water partition coefficient (Wildman–Crippen LogP) is 2.05. The van der Waals surface area contributed by atoms with Crippen LogP contribution in [-0.2, 0) is 0 Å². The quantitative estimate of drug-likeness (QED) is 0.742. The second-order valence-electron chi connectivity index (χ2n) is 2.39. The van der Waals surface area contributed by atoms with Gasteiger partial charge in [-0.25, -0.2) is 13.2 Å². The van der Waals surface area contributed by atoms with Crippen molar-refractivity contribution in [3.8, 4) is 5.75 Å². The van der Waals surface area contributed by atoms with Gasteiger partial charge in [-0.15, -0.1) is 0 Å². The highest BCUT2D eigenvalue weighted by Crippen LogP contribution is 2.20. The SMILES string of the molecule is Nc1ccc(F)c(OCC(F)F)c1. The minimum atomic E-state index is -2.62. The van der Waals surface area contributed by atoms with E-state index in [0.717, 1.165) is 12.1 Å². The Morgan fingerprint density at radius 2 is 2.08 bits per heavy atom. The molecule has 0 aromatic heterocycles. The Bertz CT molecular complexity index is 291. The molecule has 0 unspecified atom stereocenters. The zero-order chi connectivity index (χ0) is 9.84. The third-order valence-electron chi connectivity index (χ3n) is 1.32. The fourth-order valence-corrected chi connectivity index (χ4v) is 0.783. The molecule has 0 spiro atoms. The van der Waals surface area contributed by atoms with Gasteiger partial charge in [-0.1, -0.05) is 0 Å². The zero-order valence-corrected chi connectivity index (χ0v) is 6.64. The number of anilines is 1. The van der Waals surface area contributed by atoms with Crippen LogP contribution in [0.25, 0.3) is 0 Å². The van der Waals surface area contributed by atoms with Crippen LogP contribution in [0.1, 0.15) is 0 Å². The van der Waals surface area contributed by atoms with E-state index in [1.165, 1.54) is 6.07 Å².